The van der Waals surface area contributed by atoms with Crippen molar-refractivity contribution in [2.75, 3.05) is 13.7 Å². The highest BCUT2D eigenvalue weighted by Crippen LogP contribution is 2.11. The van der Waals surface area contributed by atoms with Crippen molar-refractivity contribution < 1.29 is 4.74 Å². The molecular weight excluding hydrogens is 266 g/mol. The largest absolute Gasteiger partial charge is 0.497 e. The number of benzene rings is 1. The number of hydrogen-bond acceptors (Lipinski definition) is 3. The van der Waals surface area contributed by atoms with E-state index in [1.165, 1.54) is 0 Å². The summed E-state index contributed by atoms with van der Waals surface area (Å²) in [6.07, 6.45) is 1.72. The summed E-state index contributed by atoms with van der Waals surface area (Å²) in [5.74, 6) is 0.790. The average molecular weight is 281 g/mol. The molecule has 6 heteroatoms. The van der Waals surface area contributed by atoms with Gasteiger partial charge in [-0.15, -0.1) is 6.58 Å². The Labute approximate surface area is 117 Å². The van der Waals surface area contributed by atoms with Crippen molar-refractivity contribution in [3.63, 3.8) is 0 Å². The molecule has 1 aromatic rings. The molecule has 0 spiro atoms. The van der Waals surface area contributed by atoms with Gasteiger partial charge in [-0.25, -0.2) is 0 Å². The molecule has 0 atom stereocenters. The molecular formula is C12H15N3OS2. The van der Waals surface area contributed by atoms with Crippen LogP contribution in [0.5, 0.6) is 5.75 Å². The first-order chi connectivity index (χ1) is 8.67. The monoisotopic (exact) mass is 281 g/mol. The van der Waals surface area contributed by atoms with Crippen molar-refractivity contribution in [1.29, 1.82) is 0 Å². The molecule has 0 amide bonds. The smallest absolute Gasteiger partial charge is 0.185 e. The van der Waals surface area contributed by atoms with Crippen LogP contribution in [0.1, 0.15) is 5.56 Å². The van der Waals surface area contributed by atoms with Gasteiger partial charge in [0.2, 0.25) is 0 Å². The molecule has 0 radical (unpaired) electrons. The van der Waals surface area contributed by atoms with Crippen molar-refractivity contribution >= 4 is 34.5 Å². The van der Waals surface area contributed by atoms with Crippen molar-refractivity contribution in [3.05, 3.63) is 42.5 Å². The molecule has 0 aliphatic heterocycles. The van der Waals surface area contributed by atoms with Crippen LogP contribution in [-0.2, 0) is 0 Å². The molecule has 0 saturated heterocycles. The second kappa shape index (κ2) is 7.62. The lowest BCUT2D eigenvalue weighted by atomic mass is 10.2. The summed E-state index contributed by atoms with van der Waals surface area (Å²) in [7, 11) is 1.62. The number of hydrazine groups is 1. The van der Waals surface area contributed by atoms with Gasteiger partial charge in [-0.3, -0.25) is 10.9 Å². The molecule has 0 bridgehead atoms. The van der Waals surface area contributed by atoms with Crippen LogP contribution in [0.2, 0.25) is 0 Å². The lowest BCUT2D eigenvalue weighted by molar-refractivity contribution is 0.415. The van der Waals surface area contributed by atoms with Crippen LogP contribution < -0.4 is 20.9 Å². The minimum Gasteiger partial charge on any atom is -0.497 e. The minimum atomic E-state index is 0.464. The van der Waals surface area contributed by atoms with Crippen LogP contribution in [0.25, 0.3) is 0 Å². The van der Waals surface area contributed by atoms with E-state index in [0.717, 1.165) is 11.3 Å². The number of ether oxygens (including phenoxy) is 1. The van der Waals surface area contributed by atoms with Gasteiger partial charge in [0.05, 0.1) is 7.11 Å². The summed E-state index contributed by atoms with van der Waals surface area (Å²) in [5.41, 5.74) is 6.52. The maximum atomic E-state index is 5.21. The Balaban J connectivity index is 2.44. The van der Waals surface area contributed by atoms with Gasteiger partial charge in [-0.2, -0.15) is 0 Å². The first-order valence-corrected chi connectivity index (χ1v) is 6.08. The normalized spacial score (nSPS) is 9.17. The minimum absolute atomic E-state index is 0.464. The van der Waals surface area contributed by atoms with Crippen molar-refractivity contribution in [1.82, 2.24) is 16.2 Å². The van der Waals surface area contributed by atoms with E-state index < -0.39 is 0 Å². The highest BCUT2D eigenvalue weighted by atomic mass is 32.1. The molecule has 18 heavy (non-hydrogen) atoms. The van der Waals surface area contributed by atoms with E-state index in [0.29, 0.717) is 16.6 Å². The Bertz CT molecular complexity index is 431. The van der Waals surface area contributed by atoms with Gasteiger partial charge in [0.1, 0.15) is 10.7 Å². The SMILES string of the molecule is C=CCNC(=S)NNC(=S)c1ccc(OC)cc1. The molecule has 0 aromatic heterocycles. The molecule has 1 aromatic carbocycles. The van der Waals surface area contributed by atoms with E-state index in [2.05, 4.69) is 22.7 Å². The predicted molar refractivity (Wildman–Crippen MR) is 81.8 cm³/mol. The van der Waals surface area contributed by atoms with E-state index in [1.54, 1.807) is 13.2 Å². The fraction of sp³-hybridized carbons (Fsp3) is 0.167. The predicted octanol–water partition coefficient (Wildman–Crippen LogP) is 1.53. The number of thiocarbonyl (C=S) groups is 2. The van der Waals surface area contributed by atoms with E-state index in [1.807, 2.05) is 24.3 Å². The summed E-state index contributed by atoms with van der Waals surface area (Å²) in [5, 5.41) is 3.38. The van der Waals surface area contributed by atoms with Gasteiger partial charge in [-0.05, 0) is 36.5 Å². The quantitative estimate of drug-likeness (QED) is 0.442. The molecule has 3 N–H and O–H groups in total. The molecule has 0 fully saturated rings. The second-order valence-electron chi connectivity index (χ2n) is 3.31. The standard InChI is InChI=1S/C12H15N3OS2/c1-3-8-13-12(18)15-14-11(17)9-4-6-10(16-2)7-5-9/h3-7H,1,8H2,2H3,(H,14,17)(H2,13,15,18). The summed E-state index contributed by atoms with van der Waals surface area (Å²) in [6, 6.07) is 7.43. The fourth-order valence-corrected chi connectivity index (χ4v) is 1.46. The Morgan fingerprint density at radius 3 is 2.50 bits per heavy atom. The van der Waals surface area contributed by atoms with Crippen LogP contribution in [0.4, 0.5) is 0 Å². The summed E-state index contributed by atoms with van der Waals surface area (Å²) in [6.45, 7) is 4.18. The lowest BCUT2D eigenvalue weighted by Crippen LogP contribution is -2.46. The fourth-order valence-electron chi connectivity index (χ4n) is 1.14. The zero-order valence-corrected chi connectivity index (χ0v) is 11.7. The second-order valence-corrected chi connectivity index (χ2v) is 4.12. The van der Waals surface area contributed by atoms with Crippen LogP contribution >= 0.6 is 24.4 Å². The van der Waals surface area contributed by atoms with Gasteiger partial charge in [0.15, 0.2) is 5.11 Å². The van der Waals surface area contributed by atoms with Gasteiger partial charge < -0.3 is 10.1 Å². The highest BCUT2D eigenvalue weighted by molar-refractivity contribution is 7.81. The van der Waals surface area contributed by atoms with Gasteiger partial charge in [0, 0.05) is 12.1 Å². The average Bonchev–Trinajstić information content (AvgIpc) is 2.42. The maximum Gasteiger partial charge on any atom is 0.185 e. The molecule has 4 nitrogen and oxygen atoms in total. The third-order valence-electron chi connectivity index (χ3n) is 2.05. The third-order valence-corrected chi connectivity index (χ3v) is 2.63. The first-order valence-electron chi connectivity index (χ1n) is 5.26. The molecule has 0 aliphatic carbocycles. The van der Waals surface area contributed by atoms with Gasteiger partial charge >= 0.3 is 0 Å². The van der Waals surface area contributed by atoms with Crippen LogP contribution in [0.15, 0.2) is 36.9 Å². The first kappa shape index (κ1) is 14.4. The van der Waals surface area contributed by atoms with Gasteiger partial charge in [0.25, 0.3) is 0 Å². The van der Waals surface area contributed by atoms with Crippen molar-refractivity contribution in [2.45, 2.75) is 0 Å². The highest BCUT2D eigenvalue weighted by Gasteiger charge is 2.01. The van der Waals surface area contributed by atoms with E-state index >= 15 is 0 Å². The lowest BCUT2D eigenvalue weighted by Gasteiger charge is -2.12. The van der Waals surface area contributed by atoms with Crippen LogP contribution in [-0.4, -0.2) is 23.8 Å². The topological polar surface area (TPSA) is 45.3 Å². The summed E-state index contributed by atoms with van der Waals surface area (Å²) >= 11 is 10.2. The molecule has 0 aliphatic rings. The third kappa shape index (κ3) is 4.68. The summed E-state index contributed by atoms with van der Waals surface area (Å²) in [4.78, 5) is 0.556. The Kier molecular flexibility index (Phi) is 6.10. The zero-order chi connectivity index (χ0) is 13.4. The van der Waals surface area contributed by atoms with Crippen molar-refractivity contribution in [3.8, 4) is 5.75 Å². The van der Waals surface area contributed by atoms with Crippen LogP contribution in [0, 0.1) is 0 Å². The maximum absolute atomic E-state index is 5.21. The van der Waals surface area contributed by atoms with E-state index in [-0.39, 0.29) is 0 Å². The Hall–Kier alpha value is -1.66. The van der Waals surface area contributed by atoms with Gasteiger partial charge in [-0.1, -0.05) is 18.3 Å². The molecule has 96 valence electrons. The molecule has 0 unspecified atom stereocenters. The summed E-state index contributed by atoms with van der Waals surface area (Å²) < 4.78 is 5.07. The number of methoxy groups -OCH3 is 1. The number of rotatable bonds is 4. The van der Waals surface area contributed by atoms with E-state index in [9.17, 15) is 0 Å². The Morgan fingerprint density at radius 2 is 1.94 bits per heavy atom. The van der Waals surface area contributed by atoms with Crippen molar-refractivity contribution in [2.24, 2.45) is 0 Å². The van der Waals surface area contributed by atoms with Crippen LogP contribution in [0.3, 0.4) is 0 Å². The van der Waals surface area contributed by atoms with E-state index in [4.69, 9.17) is 29.2 Å². The number of nitrogens with one attached hydrogen (secondary N) is 3. The Morgan fingerprint density at radius 1 is 1.28 bits per heavy atom. The molecule has 1 rings (SSSR count). The molecule has 0 heterocycles. The molecule has 0 saturated carbocycles. The zero-order valence-electron chi connectivity index (χ0n) is 10.0. The number of hydrogen-bond donors (Lipinski definition) is 3.